The van der Waals surface area contributed by atoms with Gasteiger partial charge in [-0.1, -0.05) is 12.1 Å². The number of aromatic nitrogens is 1. The van der Waals surface area contributed by atoms with E-state index in [4.69, 9.17) is 0 Å². The molecule has 3 N–H and O–H groups in total. The number of allylic oxidation sites excluding steroid dienone is 1. The number of alkyl halides is 3. The van der Waals surface area contributed by atoms with Crippen LogP contribution in [0, 0.1) is 12.3 Å². The van der Waals surface area contributed by atoms with E-state index in [1.165, 1.54) is 6.07 Å². The van der Waals surface area contributed by atoms with E-state index in [0.29, 0.717) is 24.9 Å². The monoisotopic (exact) mass is 410 g/mol. The first-order valence-electron chi connectivity index (χ1n) is 9.64. The summed E-state index contributed by atoms with van der Waals surface area (Å²) in [7, 11) is 0. The Morgan fingerprint density at radius 1 is 1.38 bits per heavy atom. The SMILES string of the molecule is C=CCCCC(=O)NC[C@@]12C[C@@H](C(=O)Nc3nc(C(F)(F)F)ccc3C)N[C@@H]1C2. The number of piperidine rings is 1. The lowest BCUT2D eigenvalue weighted by Crippen LogP contribution is -2.38. The van der Waals surface area contributed by atoms with Crippen molar-refractivity contribution in [2.24, 2.45) is 5.41 Å². The predicted molar refractivity (Wildman–Crippen MR) is 102 cm³/mol. The molecule has 1 aromatic rings. The Morgan fingerprint density at radius 2 is 2.14 bits per heavy atom. The second-order valence-electron chi connectivity index (χ2n) is 7.85. The molecule has 1 aliphatic carbocycles. The van der Waals surface area contributed by atoms with Crippen LogP contribution in [-0.4, -0.2) is 35.4 Å². The number of anilines is 1. The summed E-state index contributed by atoms with van der Waals surface area (Å²) in [6, 6.07) is 1.78. The summed E-state index contributed by atoms with van der Waals surface area (Å²) in [6.07, 6.45) is 0.554. The molecular weight excluding hydrogens is 385 g/mol. The number of carbonyl (C=O) groups excluding carboxylic acids is 2. The molecule has 3 atom stereocenters. The zero-order valence-corrected chi connectivity index (χ0v) is 16.2. The lowest BCUT2D eigenvalue weighted by molar-refractivity contribution is -0.141. The highest BCUT2D eigenvalue weighted by atomic mass is 19.4. The fourth-order valence-electron chi connectivity index (χ4n) is 3.74. The molecule has 29 heavy (non-hydrogen) atoms. The van der Waals surface area contributed by atoms with E-state index in [1.807, 2.05) is 0 Å². The molecule has 158 valence electrons. The van der Waals surface area contributed by atoms with Crippen molar-refractivity contribution >= 4 is 17.6 Å². The van der Waals surface area contributed by atoms with Gasteiger partial charge in [-0.3, -0.25) is 9.59 Å². The number of nitrogens with one attached hydrogen (secondary N) is 3. The molecule has 1 aromatic heterocycles. The third-order valence-electron chi connectivity index (χ3n) is 5.60. The molecule has 1 aliphatic heterocycles. The van der Waals surface area contributed by atoms with Gasteiger partial charge in [-0.25, -0.2) is 4.98 Å². The van der Waals surface area contributed by atoms with E-state index in [1.54, 1.807) is 13.0 Å². The molecule has 9 heteroatoms. The number of amides is 2. The van der Waals surface area contributed by atoms with Gasteiger partial charge in [-0.2, -0.15) is 13.2 Å². The zero-order chi connectivity index (χ0) is 21.2. The number of halogens is 3. The van der Waals surface area contributed by atoms with Crippen LogP contribution in [0.3, 0.4) is 0 Å². The summed E-state index contributed by atoms with van der Waals surface area (Å²) in [6.45, 7) is 5.70. The van der Waals surface area contributed by atoms with Crippen LogP contribution in [-0.2, 0) is 15.8 Å². The van der Waals surface area contributed by atoms with Gasteiger partial charge in [0.15, 0.2) is 0 Å². The van der Waals surface area contributed by atoms with E-state index >= 15 is 0 Å². The summed E-state index contributed by atoms with van der Waals surface area (Å²) in [5.41, 5.74) is -0.751. The predicted octanol–water partition coefficient (Wildman–Crippen LogP) is 2.94. The number of fused-ring (bicyclic) bond motifs is 1. The van der Waals surface area contributed by atoms with Crippen LogP contribution in [0.25, 0.3) is 0 Å². The fourth-order valence-corrected chi connectivity index (χ4v) is 3.74. The second-order valence-corrected chi connectivity index (χ2v) is 7.85. The molecule has 2 fully saturated rings. The van der Waals surface area contributed by atoms with Crippen molar-refractivity contribution in [3.63, 3.8) is 0 Å². The Kier molecular flexibility index (Phi) is 5.97. The van der Waals surface area contributed by atoms with Crippen molar-refractivity contribution in [1.29, 1.82) is 0 Å². The third-order valence-corrected chi connectivity index (χ3v) is 5.60. The molecule has 1 saturated heterocycles. The van der Waals surface area contributed by atoms with Crippen molar-refractivity contribution in [2.75, 3.05) is 11.9 Å². The Labute approximate surface area is 167 Å². The van der Waals surface area contributed by atoms with Gasteiger partial charge in [0.1, 0.15) is 11.5 Å². The molecule has 0 aromatic carbocycles. The van der Waals surface area contributed by atoms with E-state index in [2.05, 4.69) is 27.5 Å². The highest BCUT2D eigenvalue weighted by Crippen LogP contribution is 2.54. The molecule has 0 radical (unpaired) electrons. The minimum Gasteiger partial charge on any atom is -0.355 e. The fraction of sp³-hybridized carbons (Fsp3) is 0.550. The van der Waals surface area contributed by atoms with Crippen molar-refractivity contribution in [1.82, 2.24) is 15.6 Å². The van der Waals surface area contributed by atoms with E-state index < -0.39 is 23.8 Å². The van der Waals surface area contributed by atoms with Crippen LogP contribution in [0.15, 0.2) is 24.8 Å². The number of nitrogens with zero attached hydrogens (tertiary/aromatic N) is 1. The summed E-state index contributed by atoms with van der Waals surface area (Å²) in [5.74, 6) is -0.524. The quantitative estimate of drug-likeness (QED) is 0.455. The maximum Gasteiger partial charge on any atom is 0.433 e. The van der Waals surface area contributed by atoms with Gasteiger partial charge in [0.25, 0.3) is 0 Å². The minimum absolute atomic E-state index is 0.0245. The van der Waals surface area contributed by atoms with Crippen molar-refractivity contribution in [3.05, 3.63) is 36.0 Å². The highest BCUT2D eigenvalue weighted by Gasteiger charge is 2.61. The number of hydrogen-bond acceptors (Lipinski definition) is 4. The van der Waals surface area contributed by atoms with Crippen molar-refractivity contribution < 1.29 is 22.8 Å². The number of rotatable bonds is 8. The van der Waals surface area contributed by atoms with Gasteiger partial charge >= 0.3 is 6.18 Å². The first-order chi connectivity index (χ1) is 13.6. The summed E-state index contributed by atoms with van der Waals surface area (Å²) >= 11 is 0. The first-order valence-corrected chi connectivity index (χ1v) is 9.64. The molecule has 2 amide bonds. The van der Waals surface area contributed by atoms with Gasteiger partial charge in [0.2, 0.25) is 11.8 Å². The highest BCUT2D eigenvalue weighted by molar-refractivity contribution is 5.95. The summed E-state index contributed by atoms with van der Waals surface area (Å²) < 4.78 is 38.6. The lowest BCUT2D eigenvalue weighted by atomic mass is 9.99. The van der Waals surface area contributed by atoms with Crippen LogP contribution in [0.5, 0.6) is 0 Å². The number of hydrogen-bond donors (Lipinski definition) is 3. The van der Waals surface area contributed by atoms with Gasteiger partial charge < -0.3 is 16.0 Å². The van der Waals surface area contributed by atoms with Crippen molar-refractivity contribution in [3.8, 4) is 0 Å². The smallest absolute Gasteiger partial charge is 0.355 e. The molecule has 6 nitrogen and oxygen atoms in total. The number of aryl methyl sites for hydroxylation is 1. The molecule has 2 aliphatic rings. The van der Waals surface area contributed by atoms with Crippen LogP contribution in [0.2, 0.25) is 0 Å². The van der Waals surface area contributed by atoms with E-state index in [-0.39, 0.29) is 23.2 Å². The summed E-state index contributed by atoms with van der Waals surface area (Å²) in [5, 5.41) is 8.64. The van der Waals surface area contributed by atoms with Gasteiger partial charge in [-0.15, -0.1) is 6.58 Å². The number of unbranched alkanes of at least 4 members (excludes halogenated alkanes) is 1. The maximum absolute atomic E-state index is 12.9. The third kappa shape index (κ3) is 4.95. The largest absolute Gasteiger partial charge is 0.433 e. The average molecular weight is 410 g/mol. The molecule has 0 unspecified atom stereocenters. The topological polar surface area (TPSA) is 83.1 Å². The Balaban J connectivity index is 1.54. The standard InChI is InChI=1S/C20H25F3N4O2/c1-3-4-5-6-16(28)24-11-19-9-13(25-15(19)10-19)18(29)27-17-12(2)7-8-14(26-17)20(21,22)23/h3,7-8,13,15,25H,1,4-6,9-11H2,2H3,(H,24,28)(H,26,27,29)/t13-,15+,19-/m0/s1. The van der Waals surface area contributed by atoms with E-state index in [9.17, 15) is 22.8 Å². The maximum atomic E-state index is 12.9. The molecular formula is C20H25F3N4O2. The first kappa shape index (κ1) is 21.3. The minimum atomic E-state index is -4.58. The Morgan fingerprint density at radius 3 is 2.83 bits per heavy atom. The van der Waals surface area contributed by atoms with Crippen LogP contribution in [0.1, 0.15) is 43.4 Å². The molecule has 0 spiro atoms. The summed E-state index contributed by atoms with van der Waals surface area (Å²) in [4.78, 5) is 28.0. The molecule has 2 heterocycles. The molecule has 0 bridgehead atoms. The number of pyridine rings is 1. The van der Waals surface area contributed by atoms with Crippen molar-refractivity contribution in [2.45, 2.75) is 57.3 Å². The zero-order valence-electron chi connectivity index (χ0n) is 16.2. The van der Waals surface area contributed by atoms with Gasteiger partial charge in [0.05, 0.1) is 6.04 Å². The molecule has 1 saturated carbocycles. The van der Waals surface area contributed by atoms with Crippen LogP contribution in [0.4, 0.5) is 19.0 Å². The van der Waals surface area contributed by atoms with Crippen LogP contribution >= 0.6 is 0 Å². The second kappa shape index (κ2) is 8.14. The number of carbonyl (C=O) groups is 2. The Bertz CT molecular complexity index is 811. The average Bonchev–Trinajstić information content (AvgIpc) is 3.21. The van der Waals surface area contributed by atoms with E-state index in [0.717, 1.165) is 25.3 Å². The van der Waals surface area contributed by atoms with Gasteiger partial charge in [0, 0.05) is 24.4 Å². The lowest BCUT2D eigenvalue weighted by Gasteiger charge is -2.18. The normalized spacial score (nSPS) is 25.2. The van der Waals surface area contributed by atoms with Crippen LogP contribution < -0.4 is 16.0 Å². The van der Waals surface area contributed by atoms with Gasteiger partial charge in [-0.05, 0) is 44.2 Å². The Hall–Kier alpha value is -2.42. The molecule has 3 rings (SSSR count).